The second-order valence-electron chi connectivity index (χ2n) is 5.33. The van der Waals surface area contributed by atoms with Gasteiger partial charge in [0.05, 0.1) is 11.0 Å². The Labute approximate surface area is 113 Å². The Morgan fingerprint density at radius 3 is 2.58 bits per heavy atom. The average Bonchev–Trinajstić information content (AvgIpc) is 2.78. The Balaban J connectivity index is 2.20. The van der Waals surface area contributed by atoms with Gasteiger partial charge in [0, 0.05) is 18.1 Å². The van der Waals surface area contributed by atoms with Crippen LogP contribution in [0.1, 0.15) is 19.4 Å². The Morgan fingerprint density at radius 2 is 1.84 bits per heavy atom. The van der Waals surface area contributed by atoms with Gasteiger partial charge in [0.15, 0.2) is 0 Å². The van der Waals surface area contributed by atoms with Crippen molar-refractivity contribution < 1.29 is 0 Å². The van der Waals surface area contributed by atoms with E-state index in [4.69, 9.17) is 0 Å². The molecule has 96 valence electrons. The summed E-state index contributed by atoms with van der Waals surface area (Å²) >= 11 is 0. The van der Waals surface area contributed by atoms with E-state index in [2.05, 4.69) is 59.9 Å². The second-order valence-corrected chi connectivity index (χ2v) is 5.33. The number of aromatic nitrogens is 2. The van der Waals surface area contributed by atoms with E-state index >= 15 is 0 Å². The third-order valence-corrected chi connectivity index (χ3v) is 3.30. The molecule has 0 atom stereocenters. The van der Waals surface area contributed by atoms with Crippen molar-refractivity contribution in [3.05, 3.63) is 60.4 Å². The maximum absolute atomic E-state index is 4.56. The minimum absolute atomic E-state index is 0.636. The van der Waals surface area contributed by atoms with E-state index in [-0.39, 0.29) is 0 Å². The van der Waals surface area contributed by atoms with Crippen molar-refractivity contribution in [3.63, 3.8) is 0 Å². The lowest BCUT2D eigenvalue weighted by Crippen LogP contribution is -1.93. The van der Waals surface area contributed by atoms with E-state index in [1.54, 1.807) is 0 Å². The van der Waals surface area contributed by atoms with Crippen LogP contribution in [0.5, 0.6) is 0 Å². The molecule has 2 nitrogen and oxygen atoms in total. The lowest BCUT2D eigenvalue weighted by molar-refractivity contribution is 0.649. The van der Waals surface area contributed by atoms with Crippen molar-refractivity contribution in [2.24, 2.45) is 5.92 Å². The van der Waals surface area contributed by atoms with Gasteiger partial charge in [0.2, 0.25) is 0 Å². The quantitative estimate of drug-likeness (QED) is 0.680. The third kappa shape index (κ3) is 2.26. The third-order valence-electron chi connectivity index (χ3n) is 3.30. The van der Waals surface area contributed by atoms with Gasteiger partial charge in [-0.25, -0.2) is 0 Å². The Hall–Kier alpha value is -2.09. The first-order valence-corrected chi connectivity index (χ1v) is 6.76. The smallest absolute Gasteiger partial charge is 0.0916 e. The molecule has 0 radical (unpaired) electrons. The summed E-state index contributed by atoms with van der Waals surface area (Å²) in [5, 5.41) is 0. The molecule has 3 aromatic rings. The first-order valence-electron chi connectivity index (χ1n) is 6.76. The van der Waals surface area contributed by atoms with E-state index in [0.717, 1.165) is 11.9 Å². The van der Waals surface area contributed by atoms with Crippen LogP contribution >= 0.6 is 0 Å². The first-order chi connectivity index (χ1) is 9.25. The van der Waals surface area contributed by atoms with Crippen molar-refractivity contribution in [1.82, 2.24) is 9.55 Å². The van der Waals surface area contributed by atoms with Gasteiger partial charge >= 0.3 is 0 Å². The number of hydrogen-bond acceptors (Lipinski definition) is 1. The summed E-state index contributed by atoms with van der Waals surface area (Å²) < 4.78 is 2.24. The Morgan fingerprint density at radius 1 is 1.05 bits per heavy atom. The molecule has 19 heavy (non-hydrogen) atoms. The van der Waals surface area contributed by atoms with Crippen molar-refractivity contribution >= 4 is 11.0 Å². The first kappa shape index (κ1) is 12.0. The van der Waals surface area contributed by atoms with Crippen LogP contribution in [-0.4, -0.2) is 9.55 Å². The van der Waals surface area contributed by atoms with Crippen LogP contribution in [0.25, 0.3) is 16.7 Å². The minimum Gasteiger partial charge on any atom is -0.315 e. The molecule has 0 amide bonds. The lowest BCUT2D eigenvalue weighted by atomic mass is 10.1. The van der Waals surface area contributed by atoms with Crippen LogP contribution in [0.3, 0.4) is 0 Å². The molecule has 0 saturated carbocycles. The van der Waals surface area contributed by atoms with Gasteiger partial charge < -0.3 is 4.57 Å². The topological polar surface area (TPSA) is 17.8 Å². The number of hydrogen-bond donors (Lipinski definition) is 0. The molecule has 3 rings (SSSR count). The van der Waals surface area contributed by atoms with Crippen molar-refractivity contribution in [2.45, 2.75) is 20.3 Å². The Kier molecular flexibility index (Phi) is 3.08. The van der Waals surface area contributed by atoms with Crippen LogP contribution < -0.4 is 0 Å². The van der Waals surface area contributed by atoms with Crippen LogP contribution in [0.4, 0.5) is 0 Å². The molecule has 2 heterocycles. The van der Waals surface area contributed by atoms with E-state index in [1.807, 2.05) is 18.3 Å². The predicted octanol–water partition coefficient (Wildman–Crippen LogP) is 4.22. The maximum atomic E-state index is 4.56. The van der Waals surface area contributed by atoms with Gasteiger partial charge in [-0.05, 0) is 42.2 Å². The monoisotopic (exact) mass is 250 g/mol. The zero-order chi connectivity index (χ0) is 13.2. The van der Waals surface area contributed by atoms with Crippen LogP contribution in [-0.2, 0) is 6.42 Å². The van der Waals surface area contributed by atoms with Gasteiger partial charge in [0.25, 0.3) is 0 Å². The SMILES string of the molecule is CC(C)Cc1cn(-c2ccccc2)c2cccnc12. The summed E-state index contributed by atoms with van der Waals surface area (Å²) in [5.74, 6) is 0.636. The summed E-state index contributed by atoms with van der Waals surface area (Å²) in [5.41, 5.74) is 4.83. The molecule has 0 spiro atoms. The molecule has 0 fully saturated rings. The molecule has 1 aromatic carbocycles. The summed E-state index contributed by atoms with van der Waals surface area (Å²) in [6.07, 6.45) is 5.17. The van der Waals surface area contributed by atoms with Gasteiger partial charge in [-0.2, -0.15) is 0 Å². The molecule has 0 bridgehead atoms. The number of nitrogens with zero attached hydrogens (tertiary/aromatic N) is 2. The Bertz CT molecular complexity index is 681. The van der Waals surface area contributed by atoms with Gasteiger partial charge in [0.1, 0.15) is 0 Å². The van der Waals surface area contributed by atoms with E-state index in [1.165, 1.54) is 16.8 Å². The van der Waals surface area contributed by atoms with Crippen molar-refractivity contribution in [1.29, 1.82) is 0 Å². The van der Waals surface area contributed by atoms with Crippen LogP contribution in [0.15, 0.2) is 54.9 Å². The van der Waals surface area contributed by atoms with Gasteiger partial charge in [-0.15, -0.1) is 0 Å². The van der Waals surface area contributed by atoms with Crippen molar-refractivity contribution in [3.8, 4) is 5.69 Å². The maximum Gasteiger partial charge on any atom is 0.0916 e. The number of para-hydroxylation sites is 1. The summed E-state index contributed by atoms with van der Waals surface area (Å²) in [6, 6.07) is 14.6. The molecule has 0 N–H and O–H groups in total. The predicted molar refractivity (Wildman–Crippen MR) is 79.6 cm³/mol. The second kappa shape index (κ2) is 4.88. The normalized spacial score (nSPS) is 11.3. The molecular weight excluding hydrogens is 232 g/mol. The van der Waals surface area contributed by atoms with E-state index < -0.39 is 0 Å². The molecule has 0 aliphatic rings. The molecule has 2 heteroatoms. The highest BCUT2D eigenvalue weighted by Crippen LogP contribution is 2.24. The zero-order valence-electron chi connectivity index (χ0n) is 11.4. The van der Waals surface area contributed by atoms with E-state index in [0.29, 0.717) is 5.92 Å². The largest absolute Gasteiger partial charge is 0.315 e. The minimum atomic E-state index is 0.636. The van der Waals surface area contributed by atoms with Gasteiger partial charge in [-0.3, -0.25) is 4.98 Å². The number of rotatable bonds is 3. The lowest BCUT2D eigenvalue weighted by Gasteiger charge is -2.03. The number of benzene rings is 1. The summed E-state index contributed by atoms with van der Waals surface area (Å²) in [6.45, 7) is 4.49. The number of fused-ring (bicyclic) bond motifs is 1. The standard InChI is InChI=1S/C17H18N2/c1-13(2)11-14-12-19(15-7-4-3-5-8-15)16-9-6-10-18-17(14)16/h3-10,12-13H,11H2,1-2H3. The number of pyridine rings is 1. The van der Waals surface area contributed by atoms with Crippen molar-refractivity contribution in [2.75, 3.05) is 0 Å². The molecule has 2 aromatic heterocycles. The highest BCUT2D eigenvalue weighted by molar-refractivity contribution is 5.81. The van der Waals surface area contributed by atoms with Gasteiger partial charge in [-0.1, -0.05) is 32.0 Å². The van der Waals surface area contributed by atoms with Crippen LogP contribution in [0, 0.1) is 5.92 Å². The zero-order valence-corrected chi connectivity index (χ0v) is 11.4. The highest BCUT2D eigenvalue weighted by atomic mass is 15.0. The fourth-order valence-electron chi connectivity index (χ4n) is 2.52. The molecular formula is C17H18N2. The fraction of sp³-hybridized carbons (Fsp3) is 0.235. The summed E-state index contributed by atoms with van der Waals surface area (Å²) in [7, 11) is 0. The fourth-order valence-corrected chi connectivity index (χ4v) is 2.52. The molecule has 0 aliphatic heterocycles. The molecule has 0 aliphatic carbocycles. The van der Waals surface area contributed by atoms with Crippen LogP contribution in [0.2, 0.25) is 0 Å². The van der Waals surface area contributed by atoms with E-state index in [9.17, 15) is 0 Å². The molecule has 0 unspecified atom stereocenters. The average molecular weight is 250 g/mol. The highest BCUT2D eigenvalue weighted by Gasteiger charge is 2.11. The molecule has 0 saturated heterocycles. The summed E-state index contributed by atoms with van der Waals surface area (Å²) in [4.78, 5) is 4.56.